The number of halogens is 1. The van der Waals surface area contributed by atoms with Crippen molar-refractivity contribution in [3.63, 3.8) is 0 Å². The van der Waals surface area contributed by atoms with Crippen LogP contribution in [0.15, 0.2) is 65.8 Å². The van der Waals surface area contributed by atoms with Gasteiger partial charge in [-0.15, -0.1) is 0 Å². The average Bonchev–Trinajstić information content (AvgIpc) is 2.63. The highest BCUT2D eigenvalue weighted by atomic mass is 35.5. The predicted octanol–water partition coefficient (Wildman–Crippen LogP) is 6.50. The second kappa shape index (κ2) is 8.07. The summed E-state index contributed by atoms with van der Waals surface area (Å²) in [6.45, 7) is 6.14. The third kappa shape index (κ3) is 4.64. The molecule has 4 heteroatoms. The first-order valence-electron chi connectivity index (χ1n) is 8.42. The van der Waals surface area contributed by atoms with Gasteiger partial charge in [0.25, 0.3) is 0 Å². The molecule has 0 aliphatic carbocycles. The molecule has 0 amide bonds. The molecule has 3 aromatic carbocycles. The normalized spacial score (nSPS) is 10.9. The Balaban J connectivity index is 1.61. The third-order valence-electron chi connectivity index (χ3n) is 4.17. The maximum absolute atomic E-state index is 6.11. The second-order valence-corrected chi connectivity index (χ2v) is 6.66. The van der Waals surface area contributed by atoms with Gasteiger partial charge in [0.15, 0.2) is 0 Å². The Morgan fingerprint density at radius 2 is 1.50 bits per heavy atom. The number of hydrogen-bond acceptors (Lipinski definition) is 3. The maximum Gasteiger partial charge on any atom is 0.127 e. The van der Waals surface area contributed by atoms with Crippen LogP contribution < -0.4 is 10.2 Å². The monoisotopic (exact) mass is 364 g/mol. The van der Waals surface area contributed by atoms with Gasteiger partial charge in [-0.05, 0) is 91.6 Å². The molecular weight excluding hydrogens is 344 g/mol. The lowest BCUT2D eigenvalue weighted by atomic mass is 10.1. The van der Waals surface area contributed by atoms with Crippen molar-refractivity contribution < 1.29 is 4.74 Å². The van der Waals surface area contributed by atoms with Gasteiger partial charge >= 0.3 is 0 Å². The van der Waals surface area contributed by atoms with Gasteiger partial charge in [0.2, 0.25) is 0 Å². The molecule has 3 aromatic rings. The van der Waals surface area contributed by atoms with Crippen LogP contribution in [-0.4, -0.2) is 6.21 Å². The Hall–Kier alpha value is -2.78. The molecule has 0 heterocycles. The summed E-state index contributed by atoms with van der Waals surface area (Å²) in [7, 11) is 0. The van der Waals surface area contributed by atoms with Gasteiger partial charge in [-0.3, -0.25) is 5.43 Å². The molecule has 0 bridgehead atoms. The van der Waals surface area contributed by atoms with E-state index in [0.717, 1.165) is 33.3 Å². The minimum atomic E-state index is 0.720. The SMILES string of the molecule is Cc1ccc(Oc2ccc(C=NNc3ccc(C)c(Cl)c3)cc2)cc1C. The van der Waals surface area contributed by atoms with Crippen LogP contribution in [0.5, 0.6) is 11.5 Å². The first-order valence-corrected chi connectivity index (χ1v) is 8.79. The fourth-order valence-corrected chi connectivity index (χ4v) is 2.56. The van der Waals surface area contributed by atoms with Crippen molar-refractivity contribution in [2.24, 2.45) is 5.10 Å². The van der Waals surface area contributed by atoms with Crippen molar-refractivity contribution in [1.82, 2.24) is 0 Å². The van der Waals surface area contributed by atoms with Gasteiger partial charge in [-0.25, -0.2) is 0 Å². The fraction of sp³-hybridized carbons (Fsp3) is 0.136. The van der Waals surface area contributed by atoms with E-state index < -0.39 is 0 Å². The summed E-state index contributed by atoms with van der Waals surface area (Å²) in [5, 5.41) is 4.96. The Morgan fingerprint density at radius 3 is 2.19 bits per heavy atom. The van der Waals surface area contributed by atoms with Crippen molar-refractivity contribution in [3.05, 3.63) is 87.9 Å². The molecule has 0 unspecified atom stereocenters. The standard InChI is InChI=1S/C22H21ClN2O/c1-15-5-9-21(12-17(15)3)26-20-10-6-18(7-11-20)14-24-25-19-8-4-16(2)22(23)13-19/h4-14,25H,1-3H3. The summed E-state index contributed by atoms with van der Waals surface area (Å²) >= 11 is 6.11. The zero-order valence-corrected chi connectivity index (χ0v) is 15.8. The maximum atomic E-state index is 6.11. The summed E-state index contributed by atoms with van der Waals surface area (Å²) in [4.78, 5) is 0. The molecule has 0 aliphatic rings. The van der Waals surface area contributed by atoms with Crippen molar-refractivity contribution in [2.75, 3.05) is 5.43 Å². The molecule has 0 atom stereocenters. The van der Waals surface area contributed by atoms with Crippen LogP contribution in [0.3, 0.4) is 0 Å². The van der Waals surface area contributed by atoms with Crippen LogP contribution in [0.1, 0.15) is 22.3 Å². The molecule has 3 rings (SSSR count). The first-order chi connectivity index (χ1) is 12.5. The van der Waals surface area contributed by atoms with E-state index in [-0.39, 0.29) is 0 Å². The number of hydrogen-bond donors (Lipinski definition) is 1. The predicted molar refractivity (Wildman–Crippen MR) is 110 cm³/mol. The highest BCUT2D eigenvalue weighted by Crippen LogP contribution is 2.24. The Morgan fingerprint density at radius 1 is 0.808 bits per heavy atom. The van der Waals surface area contributed by atoms with Gasteiger partial charge < -0.3 is 4.74 Å². The molecule has 0 saturated heterocycles. The molecule has 0 spiro atoms. The number of nitrogens with zero attached hydrogens (tertiary/aromatic N) is 1. The van der Waals surface area contributed by atoms with Gasteiger partial charge in [0, 0.05) is 5.02 Å². The number of ether oxygens (including phenoxy) is 1. The van der Waals surface area contributed by atoms with E-state index in [2.05, 4.69) is 30.4 Å². The molecule has 132 valence electrons. The van der Waals surface area contributed by atoms with E-state index in [0.29, 0.717) is 0 Å². The zero-order chi connectivity index (χ0) is 18.5. The molecule has 1 N–H and O–H groups in total. The number of rotatable bonds is 5. The fourth-order valence-electron chi connectivity index (χ4n) is 2.38. The molecule has 26 heavy (non-hydrogen) atoms. The first kappa shape index (κ1) is 18.0. The van der Waals surface area contributed by atoms with Crippen LogP contribution >= 0.6 is 11.6 Å². The van der Waals surface area contributed by atoms with E-state index in [9.17, 15) is 0 Å². The Kier molecular flexibility index (Phi) is 5.59. The average molecular weight is 365 g/mol. The minimum absolute atomic E-state index is 0.720. The van der Waals surface area contributed by atoms with Crippen LogP contribution in [0.4, 0.5) is 5.69 Å². The smallest absolute Gasteiger partial charge is 0.127 e. The van der Waals surface area contributed by atoms with Crippen molar-refractivity contribution in [3.8, 4) is 11.5 Å². The minimum Gasteiger partial charge on any atom is -0.457 e. The second-order valence-electron chi connectivity index (χ2n) is 6.25. The highest BCUT2D eigenvalue weighted by Gasteiger charge is 2.00. The van der Waals surface area contributed by atoms with Crippen molar-refractivity contribution in [1.29, 1.82) is 0 Å². The van der Waals surface area contributed by atoms with Crippen LogP contribution in [-0.2, 0) is 0 Å². The van der Waals surface area contributed by atoms with Crippen LogP contribution in [0.2, 0.25) is 5.02 Å². The summed E-state index contributed by atoms with van der Waals surface area (Å²) in [6.07, 6.45) is 1.76. The summed E-state index contributed by atoms with van der Waals surface area (Å²) in [5.74, 6) is 1.64. The van der Waals surface area contributed by atoms with Gasteiger partial charge in [-0.2, -0.15) is 5.10 Å². The lowest BCUT2D eigenvalue weighted by molar-refractivity contribution is 0.482. The highest BCUT2D eigenvalue weighted by molar-refractivity contribution is 6.31. The number of benzene rings is 3. The topological polar surface area (TPSA) is 33.6 Å². The molecule has 0 aromatic heterocycles. The lowest BCUT2D eigenvalue weighted by Crippen LogP contribution is -1.91. The number of hydrazone groups is 1. The van der Waals surface area contributed by atoms with E-state index in [4.69, 9.17) is 16.3 Å². The molecule has 3 nitrogen and oxygen atoms in total. The Bertz CT molecular complexity index is 933. The van der Waals surface area contributed by atoms with E-state index in [1.165, 1.54) is 11.1 Å². The van der Waals surface area contributed by atoms with Gasteiger partial charge in [0.05, 0.1) is 11.9 Å². The largest absolute Gasteiger partial charge is 0.457 e. The third-order valence-corrected chi connectivity index (χ3v) is 4.58. The van der Waals surface area contributed by atoms with Gasteiger partial charge in [-0.1, -0.05) is 23.7 Å². The van der Waals surface area contributed by atoms with E-state index in [1.54, 1.807) is 6.21 Å². The molecular formula is C22H21ClN2O. The number of anilines is 1. The van der Waals surface area contributed by atoms with Crippen molar-refractivity contribution in [2.45, 2.75) is 20.8 Å². The summed E-state index contributed by atoms with van der Waals surface area (Å²) in [6, 6.07) is 19.6. The van der Waals surface area contributed by atoms with Gasteiger partial charge in [0.1, 0.15) is 11.5 Å². The summed E-state index contributed by atoms with van der Waals surface area (Å²) < 4.78 is 5.89. The summed E-state index contributed by atoms with van der Waals surface area (Å²) in [5.41, 5.74) is 8.32. The number of aryl methyl sites for hydroxylation is 3. The van der Waals surface area contributed by atoms with E-state index >= 15 is 0 Å². The van der Waals surface area contributed by atoms with E-state index in [1.807, 2.05) is 61.5 Å². The molecule has 0 radical (unpaired) electrons. The van der Waals surface area contributed by atoms with Crippen LogP contribution in [0, 0.1) is 20.8 Å². The zero-order valence-electron chi connectivity index (χ0n) is 15.1. The molecule has 0 saturated carbocycles. The quantitative estimate of drug-likeness (QED) is 0.414. The lowest BCUT2D eigenvalue weighted by Gasteiger charge is -2.08. The number of nitrogens with one attached hydrogen (secondary N) is 1. The molecule has 0 fully saturated rings. The van der Waals surface area contributed by atoms with Crippen LogP contribution in [0.25, 0.3) is 0 Å². The Labute approximate surface area is 159 Å². The van der Waals surface area contributed by atoms with Crippen molar-refractivity contribution >= 4 is 23.5 Å². The molecule has 0 aliphatic heterocycles.